The van der Waals surface area contributed by atoms with Crippen molar-refractivity contribution in [2.24, 2.45) is 5.73 Å². The van der Waals surface area contributed by atoms with Gasteiger partial charge in [-0.1, -0.05) is 0 Å². The lowest BCUT2D eigenvalue weighted by molar-refractivity contribution is 0.414. The van der Waals surface area contributed by atoms with Crippen LogP contribution < -0.4 is 21.1 Å². The van der Waals surface area contributed by atoms with E-state index >= 15 is 0 Å². The van der Waals surface area contributed by atoms with Crippen LogP contribution in [0.25, 0.3) is 16.9 Å². The minimum atomic E-state index is 0.178. The molecule has 0 amide bonds. The first-order valence-corrected chi connectivity index (χ1v) is 11.2. The van der Waals surface area contributed by atoms with Gasteiger partial charge in [-0.15, -0.1) is 0 Å². The summed E-state index contributed by atoms with van der Waals surface area (Å²) in [6.07, 6.45) is 10.3. The highest BCUT2D eigenvalue weighted by atomic mass is 16.5. The number of nitrogen functional groups attached to an aromatic ring is 1. The van der Waals surface area contributed by atoms with Crippen molar-refractivity contribution in [1.82, 2.24) is 19.4 Å². The molecule has 3 aromatic heterocycles. The number of aromatic nitrogens is 4. The number of rotatable bonds is 5. The fourth-order valence-corrected chi connectivity index (χ4v) is 4.66. The normalized spacial score (nSPS) is 16.3. The van der Waals surface area contributed by atoms with Gasteiger partial charge in [0.05, 0.1) is 24.7 Å². The lowest BCUT2D eigenvalue weighted by atomic mass is 9.99. The number of nitrogens with zero attached hydrogens (tertiary/aromatic N) is 5. The second kappa shape index (κ2) is 8.71. The summed E-state index contributed by atoms with van der Waals surface area (Å²) < 4.78 is 7.38. The predicted molar refractivity (Wildman–Crippen MR) is 131 cm³/mol. The minimum Gasteiger partial charge on any atom is -0.497 e. The van der Waals surface area contributed by atoms with Gasteiger partial charge in [-0.25, -0.2) is 9.97 Å². The van der Waals surface area contributed by atoms with Crippen LogP contribution in [0.15, 0.2) is 49.1 Å². The number of benzene rings is 1. The molecule has 0 aliphatic carbocycles. The molecule has 5 rings (SSSR count). The van der Waals surface area contributed by atoms with Crippen molar-refractivity contribution in [1.29, 1.82) is 0 Å². The summed E-state index contributed by atoms with van der Waals surface area (Å²) in [6, 6.07) is 8.44. The molecule has 4 aromatic rings. The van der Waals surface area contributed by atoms with Crippen molar-refractivity contribution >= 4 is 17.2 Å². The molecule has 4 N–H and O–H groups in total. The Labute approximate surface area is 193 Å². The van der Waals surface area contributed by atoms with Crippen molar-refractivity contribution in [3.8, 4) is 17.0 Å². The molecule has 0 saturated carbocycles. The van der Waals surface area contributed by atoms with Crippen LogP contribution in [0, 0.1) is 6.92 Å². The number of ether oxygens (including phenoxy) is 1. The molecule has 1 aliphatic heterocycles. The Balaban J connectivity index is 1.59. The van der Waals surface area contributed by atoms with Crippen LogP contribution in [0.1, 0.15) is 29.7 Å². The number of hydrogen-bond acceptors (Lipinski definition) is 7. The highest BCUT2D eigenvalue weighted by Crippen LogP contribution is 2.32. The third-order valence-electron chi connectivity index (χ3n) is 6.38. The van der Waals surface area contributed by atoms with E-state index in [9.17, 15) is 0 Å². The molecule has 0 unspecified atom stereocenters. The van der Waals surface area contributed by atoms with Crippen LogP contribution in [0.5, 0.6) is 5.75 Å². The van der Waals surface area contributed by atoms with Gasteiger partial charge in [-0.05, 0) is 55.2 Å². The van der Waals surface area contributed by atoms with Gasteiger partial charge in [-0.3, -0.25) is 9.38 Å². The fraction of sp³-hybridized carbons (Fsp3) is 0.320. The van der Waals surface area contributed by atoms with Crippen LogP contribution in [-0.2, 0) is 6.42 Å². The minimum absolute atomic E-state index is 0.178. The molecule has 4 heterocycles. The molecule has 1 saturated heterocycles. The number of methoxy groups -OCH3 is 1. The molecule has 1 atom stereocenters. The van der Waals surface area contributed by atoms with Crippen molar-refractivity contribution in [3.63, 3.8) is 0 Å². The zero-order valence-corrected chi connectivity index (χ0v) is 19.0. The van der Waals surface area contributed by atoms with E-state index in [0.717, 1.165) is 59.9 Å². The summed E-state index contributed by atoms with van der Waals surface area (Å²) in [5, 5.41) is 0. The van der Waals surface area contributed by atoms with Crippen molar-refractivity contribution in [3.05, 3.63) is 65.9 Å². The molecule has 170 valence electrons. The van der Waals surface area contributed by atoms with E-state index in [4.69, 9.17) is 21.2 Å². The van der Waals surface area contributed by atoms with E-state index in [1.807, 2.05) is 35.1 Å². The molecule has 0 spiro atoms. The molecule has 33 heavy (non-hydrogen) atoms. The summed E-state index contributed by atoms with van der Waals surface area (Å²) in [4.78, 5) is 15.9. The molecule has 8 nitrogen and oxygen atoms in total. The SMILES string of the molecule is COc1ccc(-c2cc(Cc3cnc4c(N)nccn34)c(N3CCC[C@@H](N)C3)cn2)c(C)c1. The zero-order valence-electron chi connectivity index (χ0n) is 19.0. The maximum Gasteiger partial charge on any atom is 0.180 e. The van der Waals surface area contributed by atoms with Gasteiger partial charge >= 0.3 is 0 Å². The predicted octanol–water partition coefficient (Wildman–Crippen LogP) is 3.21. The first-order valence-electron chi connectivity index (χ1n) is 11.2. The Bertz CT molecular complexity index is 1300. The van der Waals surface area contributed by atoms with Gasteiger partial charge in [0.1, 0.15) is 5.75 Å². The van der Waals surface area contributed by atoms with Crippen LogP contribution in [0.2, 0.25) is 0 Å². The number of aryl methyl sites for hydroxylation is 1. The Morgan fingerprint density at radius 1 is 1.15 bits per heavy atom. The van der Waals surface area contributed by atoms with Gasteiger partial charge in [0.15, 0.2) is 11.5 Å². The topological polar surface area (TPSA) is 108 Å². The maximum atomic E-state index is 6.30. The number of fused-ring (bicyclic) bond motifs is 1. The summed E-state index contributed by atoms with van der Waals surface area (Å²) in [5.41, 5.74) is 19.5. The number of nitrogens with two attached hydrogens (primary N) is 2. The van der Waals surface area contributed by atoms with Crippen LogP contribution >= 0.6 is 0 Å². The Hall–Kier alpha value is -3.65. The van der Waals surface area contributed by atoms with E-state index in [1.54, 1.807) is 13.3 Å². The van der Waals surface area contributed by atoms with Gasteiger partial charge in [-0.2, -0.15) is 0 Å². The fourth-order valence-electron chi connectivity index (χ4n) is 4.66. The number of hydrogen-bond donors (Lipinski definition) is 2. The van der Waals surface area contributed by atoms with E-state index in [1.165, 1.54) is 5.56 Å². The smallest absolute Gasteiger partial charge is 0.180 e. The molecule has 8 heteroatoms. The summed E-state index contributed by atoms with van der Waals surface area (Å²) in [6.45, 7) is 3.89. The van der Waals surface area contributed by atoms with Gasteiger partial charge in [0.25, 0.3) is 0 Å². The highest BCUT2D eigenvalue weighted by molar-refractivity contribution is 5.69. The van der Waals surface area contributed by atoms with Crippen molar-refractivity contribution in [2.75, 3.05) is 30.8 Å². The molecular weight excluding hydrogens is 414 g/mol. The maximum absolute atomic E-state index is 6.30. The highest BCUT2D eigenvalue weighted by Gasteiger charge is 2.21. The molecule has 1 fully saturated rings. The second-order valence-corrected chi connectivity index (χ2v) is 8.66. The van der Waals surface area contributed by atoms with Crippen LogP contribution in [0.3, 0.4) is 0 Å². The molecule has 1 aliphatic rings. The van der Waals surface area contributed by atoms with E-state index in [0.29, 0.717) is 17.9 Å². The summed E-state index contributed by atoms with van der Waals surface area (Å²) >= 11 is 0. The number of pyridine rings is 1. The lowest BCUT2D eigenvalue weighted by Gasteiger charge is -2.34. The summed E-state index contributed by atoms with van der Waals surface area (Å²) in [7, 11) is 1.68. The monoisotopic (exact) mass is 443 g/mol. The van der Waals surface area contributed by atoms with Gasteiger partial charge < -0.3 is 21.1 Å². The first-order chi connectivity index (χ1) is 16.0. The molecule has 0 radical (unpaired) electrons. The molecule has 1 aromatic carbocycles. The quantitative estimate of drug-likeness (QED) is 0.488. The van der Waals surface area contributed by atoms with E-state index < -0.39 is 0 Å². The van der Waals surface area contributed by atoms with E-state index in [2.05, 4.69) is 33.9 Å². The van der Waals surface area contributed by atoms with Gasteiger partial charge in [0.2, 0.25) is 0 Å². The third-order valence-corrected chi connectivity index (χ3v) is 6.38. The standard InChI is InChI=1S/C25H29N7O/c1-16-10-20(33-2)5-6-21(16)22-12-17(23(14-29-22)31-8-3-4-18(26)15-31)11-19-13-30-25-24(27)28-7-9-32(19)25/h5-7,9-10,12-14,18H,3-4,8,11,15,26H2,1-2H3,(H2,27,28)/t18-/m1/s1. The van der Waals surface area contributed by atoms with E-state index in [-0.39, 0.29) is 6.04 Å². The Morgan fingerprint density at radius 2 is 2.03 bits per heavy atom. The number of anilines is 2. The number of piperidine rings is 1. The average Bonchev–Trinajstić information content (AvgIpc) is 3.23. The third kappa shape index (κ3) is 4.09. The molecule has 0 bridgehead atoms. The average molecular weight is 444 g/mol. The second-order valence-electron chi connectivity index (χ2n) is 8.66. The largest absolute Gasteiger partial charge is 0.497 e. The number of imidazole rings is 1. The Kier molecular flexibility index (Phi) is 5.60. The first kappa shape index (κ1) is 21.2. The lowest BCUT2D eigenvalue weighted by Crippen LogP contribution is -2.43. The summed E-state index contributed by atoms with van der Waals surface area (Å²) in [5.74, 6) is 1.27. The molecular formula is C25H29N7O. The zero-order chi connectivity index (χ0) is 22.9. The Morgan fingerprint density at radius 3 is 2.82 bits per heavy atom. The van der Waals surface area contributed by atoms with Crippen molar-refractivity contribution in [2.45, 2.75) is 32.2 Å². The van der Waals surface area contributed by atoms with Gasteiger partial charge in [0, 0.05) is 55.4 Å². The van der Waals surface area contributed by atoms with Crippen LogP contribution in [0.4, 0.5) is 11.5 Å². The van der Waals surface area contributed by atoms with Crippen LogP contribution in [-0.4, -0.2) is 45.6 Å². The van der Waals surface area contributed by atoms with Crippen molar-refractivity contribution < 1.29 is 4.74 Å².